The molecule has 2 aromatic rings. The molecular formula is C19H26N4O. The Morgan fingerprint density at radius 2 is 2.00 bits per heavy atom. The van der Waals surface area contributed by atoms with Gasteiger partial charge in [-0.1, -0.05) is 37.3 Å². The third kappa shape index (κ3) is 4.68. The number of nitrogens with zero attached hydrogens (tertiary/aromatic N) is 3. The number of amides is 1. The van der Waals surface area contributed by atoms with E-state index in [1.165, 1.54) is 31.5 Å². The van der Waals surface area contributed by atoms with Gasteiger partial charge in [0.15, 0.2) is 0 Å². The summed E-state index contributed by atoms with van der Waals surface area (Å²) in [7, 11) is 0. The molecule has 1 N–H and O–H groups in total. The maximum Gasteiger partial charge on any atom is 0.254 e. The van der Waals surface area contributed by atoms with Gasteiger partial charge in [0.25, 0.3) is 5.91 Å². The summed E-state index contributed by atoms with van der Waals surface area (Å²) >= 11 is 0. The Hall–Kier alpha value is -2.14. The predicted molar refractivity (Wildman–Crippen MR) is 94.9 cm³/mol. The van der Waals surface area contributed by atoms with E-state index in [1.807, 2.05) is 24.4 Å². The Morgan fingerprint density at radius 1 is 1.25 bits per heavy atom. The molecule has 1 fully saturated rings. The minimum atomic E-state index is -0.0393. The van der Waals surface area contributed by atoms with Gasteiger partial charge >= 0.3 is 0 Å². The summed E-state index contributed by atoms with van der Waals surface area (Å²) in [6.07, 6.45) is 6.07. The summed E-state index contributed by atoms with van der Waals surface area (Å²) in [6.45, 7) is 7.04. The van der Waals surface area contributed by atoms with Crippen LogP contribution in [0.3, 0.4) is 0 Å². The van der Waals surface area contributed by atoms with Crippen molar-refractivity contribution in [3.63, 3.8) is 0 Å². The smallest absolute Gasteiger partial charge is 0.254 e. The molecular weight excluding hydrogens is 300 g/mol. The molecule has 1 amide bonds. The van der Waals surface area contributed by atoms with Crippen molar-refractivity contribution in [2.75, 3.05) is 26.2 Å². The van der Waals surface area contributed by atoms with Crippen LogP contribution in [0.5, 0.6) is 0 Å². The van der Waals surface area contributed by atoms with Crippen molar-refractivity contribution in [1.29, 1.82) is 0 Å². The molecule has 3 rings (SSSR count). The molecule has 1 aromatic heterocycles. The number of rotatable bonds is 7. The minimum Gasteiger partial charge on any atom is -0.352 e. The monoisotopic (exact) mass is 326 g/mol. The van der Waals surface area contributed by atoms with E-state index in [1.54, 1.807) is 10.9 Å². The van der Waals surface area contributed by atoms with Gasteiger partial charge in [-0.05, 0) is 37.4 Å². The van der Waals surface area contributed by atoms with Crippen molar-refractivity contribution < 1.29 is 4.79 Å². The summed E-state index contributed by atoms with van der Waals surface area (Å²) in [5.41, 5.74) is 1.80. The highest BCUT2D eigenvalue weighted by Gasteiger charge is 2.16. The van der Waals surface area contributed by atoms with Crippen LogP contribution in [0.25, 0.3) is 0 Å². The van der Waals surface area contributed by atoms with E-state index in [-0.39, 0.29) is 5.91 Å². The number of hydrogen-bond acceptors (Lipinski definition) is 3. The third-order valence-corrected chi connectivity index (χ3v) is 4.46. The van der Waals surface area contributed by atoms with Crippen molar-refractivity contribution in [2.24, 2.45) is 5.92 Å². The molecule has 0 saturated carbocycles. The number of benzene rings is 1. The van der Waals surface area contributed by atoms with Crippen LogP contribution in [0.15, 0.2) is 42.7 Å². The lowest BCUT2D eigenvalue weighted by Crippen LogP contribution is -2.34. The van der Waals surface area contributed by atoms with E-state index in [9.17, 15) is 4.79 Å². The van der Waals surface area contributed by atoms with Gasteiger partial charge in [0.05, 0.1) is 18.3 Å². The second-order valence-corrected chi connectivity index (χ2v) is 6.74. The van der Waals surface area contributed by atoms with Crippen molar-refractivity contribution in [1.82, 2.24) is 20.0 Å². The Kier molecular flexibility index (Phi) is 5.64. The zero-order valence-electron chi connectivity index (χ0n) is 14.3. The first-order valence-electron chi connectivity index (χ1n) is 8.77. The van der Waals surface area contributed by atoms with Gasteiger partial charge in [-0.15, -0.1) is 0 Å². The van der Waals surface area contributed by atoms with Crippen LogP contribution in [-0.4, -0.2) is 46.8 Å². The summed E-state index contributed by atoms with van der Waals surface area (Å²) in [6, 6.07) is 10.1. The molecule has 0 bridgehead atoms. The molecule has 1 atom stereocenters. The second kappa shape index (κ2) is 8.11. The lowest BCUT2D eigenvalue weighted by atomic mass is 10.1. The summed E-state index contributed by atoms with van der Waals surface area (Å²) < 4.78 is 1.80. The number of carbonyl (C=O) groups is 1. The minimum absolute atomic E-state index is 0.0393. The highest BCUT2D eigenvalue weighted by Crippen LogP contribution is 2.10. The lowest BCUT2D eigenvalue weighted by molar-refractivity contribution is 0.0945. The van der Waals surface area contributed by atoms with E-state index in [4.69, 9.17) is 0 Å². The Bertz CT molecular complexity index is 646. The first kappa shape index (κ1) is 16.7. The van der Waals surface area contributed by atoms with Crippen molar-refractivity contribution in [3.8, 4) is 0 Å². The number of nitrogens with one attached hydrogen (secondary N) is 1. The van der Waals surface area contributed by atoms with Crippen LogP contribution >= 0.6 is 0 Å². The van der Waals surface area contributed by atoms with Gasteiger partial charge in [0, 0.05) is 19.3 Å². The molecule has 24 heavy (non-hydrogen) atoms. The van der Waals surface area contributed by atoms with Crippen LogP contribution in [0.4, 0.5) is 0 Å². The van der Waals surface area contributed by atoms with Gasteiger partial charge in [-0.2, -0.15) is 5.10 Å². The number of hydrogen-bond donors (Lipinski definition) is 1. The molecule has 0 radical (unpaired) electrons. The molecule has 1 saturated heterocycles. The zero-order chi connectivity index (χ0) is 16.8. The largest absolute Gasteiger partial charge is 0.352 e. The van der Waals surface area contributed by atoms with Gasteiger partial charge in [-0.25, -0.2) is 0 Å². The van der Waals surface area contributed by atoms with Crippen LogP contribution in [0, 0.1) is 5.92 Å². The Balaban J connectivity index is 1.46. The van der Waals surface area contributed by atoms with E-state index < -0.39 is 0 Å². The summed E-state index contributed by atoms with van der Waals surface area (Å²) in [5, 5.41) is 7.32. The van der Waals surface area contributed by atoms with Crippen LogP contribution < -0.4 is 5.32 Å². The molecule has 0 spiro atoms. The Labute approximate surface area is 143 Å². The first-order chi connectivity index (χ1) is 11.7. The van der Waals surface area contributed by atoms with Crippen molar-refractivity contribution >= 4 is 5.91 Å². The SMILES string of the molecule is CC(CNC(=O)c1cnn(Cc2ccccc2)c1)CN1CCCC1. The molecule has 1 aromatic carbocycles. The van der Waals surface area contributed by atoms with Crippen molar-refractivity contribution in [2.45, 2.75) is 26.3 Å². The fraction of sp³-hybridized carbons (Fsp3) is 0.474. The Morgan fingerprint density at radius 3 is 2.75 bits per heavy atom. The van der Waals surface area contributed by atoms with E-state index in [2.05, 4.69) is 34.4 Å². The highest BCUT2D eigenvalue weighted by molar-refractivity contribution is 5.93. The molecule has 1 aliphatic heterocycles. The predicted octanol–water partition coefficient (Wildman–Crippen LogP) is 2.39. The van der Waals surface area contributed by atoms with Gasteiger partial charge in [0.2, 0.25) is 0 Å². The maximum absolute atomic E-state index is 12.3. The number of likely N-dealkylation sites (tertiary alicyclic amines) is 1. The van der Waals surface area contributed by atoms with E-state index >= 15 is 0 Å². The van der Waals surface area contributed by atoms with Gasteiger partial charge < -0.3 is 10.2 Å². The van der Waals surface area contributed by atoms with Gasteiger partial charge in [-0.3, -0.25) is 9.48 Å². The first-order valence-corrected chi connectivity index (χ1v) is 8.77. The zero-order valence-corrected chi connectivity index (χ0v) is 14.3. The topological polar surface area (TPSA) is 50.2 Å². The quantitative estimate of drug-likeness (QED) is 0.850. The normalized spacial score (nSPS) is 16.2. The van der Waals surface area contributed by atoms with Crippen molar-refractivity contribution in [3.05, 3.63) is 53.9 Å². The lowest BCUT2D eigenvalue weighted by Gasteiger charge is -2.20. The average molecular weight is 326 g/mol. The number of carbonyl (C=O) groups excluding carboxylic acids is 1. The summed E-state index contributed by atoms with van der Waals surface area (Å²) in [5.74, 6) is 0.425. The van der Waals surface area contributed by atoms with Crippen LogP contribution in [0.2, 0.25) is 0 Å². The van der Waals surface area contributed by atoms with Gasteiger partial charge in [0.1, 0.15) is 0 Å². The second-order valence-electron chi connectivity index (χ2n) is 6.74. The highest BCUT2D eigenvalue weighted by atomic mass is 16.1. The molecule has 5 heteroatoms. The standard InChI is InChI=1S/C19H26N4O/c1-16(13-22-9-5-6-10-22)11-20-19(24)18-12-21-23(15-18)14-17-7-3-2-4-8-17/h2-4,7-8,12,15-16H,5-6,9-11,13-14H2,1H3,(H,20,24). The summed E-state index contributed by atoms with van der Waals surface area (Å²) in [4.78, 5) is 14.8. The van der Waals surface area contributed by atoms with E-state index in [0.717, 1.165) is 6.54 Å². The molecule has 128 valence electrons. The maximum atomic E-state index is 12.3. The molecule has 2 heterocycles. The van der Waals surface area contributed by atoms with Crippen LogP contribution in [0.1, 0.15) is 35.7 Å². The van der Waals surface area contributed by atoms with E-state index in [0.29, 0.717) is 24.6 Å². The fourth-order valence-corrected chi connectivity index (χ4v) is 3.18. The molecule has 1 unspecified atom stereocenters. The molecule has 1 aliphatic rings. The molecule has 5 nitrogen and oxygen atoms in total. The third-order valence-electron chi connectivity index (χ3n) is 4.46. The molecule has 0 aliphatic carbocycles. The average Bonchev–Trinajstić information content (AvgIpc) is 3.26. The fourth-order valence-electron chi connectivity index (χ4n) is 3.18. The number of aromatic nitrogens is 2. The van der Waals surface area contributed by atoms with Crippen LogP contribution in [-0.2, 0) is 6.54 Å².